The number of hydrogen-bond donors (Lipinski definition) is 0. The van der Waals surface area contributed by atoms with Crippen LogP contribution in [-0.4, -0.2) is 15.0 Å². The van der Waals surface area contributed by atoms with Gasteiger partial charge in [0, 0.05) is 33.8 Å². The van der Waals surface area contributed by atoms with Crippen molar-refractivity contribution in [3.05, 3.63) is 18.8 Å². The van der Waals surface area contributed by atoms with Crippen LogP contribution in [0.2, 0.25) is 0 Å². The molecule has 0 radical (unpaired) electrons. The molecular weight excluding hydrogens is 346 g/mol. The van der Waals surface area contributed by atoms with Crippen molar-refractivity contribution in [2.45, 2.75) is 40.2 Å². The molecule has 0 saturated carbocycles. The molecule has 0 N–H and O–H groups in total. The summed E-state index contributed by atoms with van der Waals surface area (Å²) in [5.41, 5.74) is 1.32. The molecule has 1 heterocycles. The number of aryl methyl sites for hydroxylation is 1. The molecule has 3 nitrogen and oxygen atoms in total. The smallest absolute Gasteiger partial charge is 0.0530 e. The van der Waals surface area contributed by atoms with Gasteiger partial charge in [-0.25, -0.2) is 0 Å². The molecule has 0 saturated heterocycles. The van der Waals surface area contributed by atoms with Gasteiger partial charge < -0.3 is 6.92 Å². The van der Waals surface area contributed by atoms with Gasteiger partial charge in [-0.3, -0.25) is 4.68 Å². The second-order valence-electron chi connectivity index (χ2n) is 4.53. The minimum atomic E-state index is 0. The van der Waals surface area contributed by atoms with Gasteiger partial charge in [0.05, 0.1) is 5.69 Å². The van der Waals surface area contributed by atoms with Crippen molar-refractivity contribution >= 4 is 0 Å². The zero-order valence-corrected chi connectivity index (χ0v) is 12.1. The number of rotatable bonds is 3. The molecule has 0 bridgehead atoms. The van der Waals surface area contributed by atoms with Gasteiger partial charge in [0.2, 0.25) is 0 Å². The van der Waals surface area contributed by atoms with Crippen LogP contribution in [0.25, 0.3) is 0 Å². The minimum absolute atomic E-state index is 0. The molecule has 0 unspecified atom stereocenters. The fraction of sp³-hybridized carbons (Fsp3) is 0.700. The Bertz CT molecular complexity index is 263. The summed E-state index contributed by atoms with van der Waals surface area (Å²) < 4.78 is 1.89. The predicted molar refractivity (Wildman–Crippen MR) is 53.2 cm³/mol. The molecular formula is C10H18N3W-. The molecule has 0 atom stereocenters. The molecule has 0 aromatic carbocycles. The fourth-order valence-electron chi connectivity index (χ4n) is 1.01. The SMILES string of the molecule is [CH2-]Cc1cn(CCC(C)(C)C)nn1.[W]. The third-order valence-electron chi connectivity index (χ3n) is 1.93. The van der Waals surface area contributed by atoms with E-state index in [2.05, 4.69) is 38.0 Å². The third kappa shape index (κ3) is 4.90. The van der Waals surface area contributed by atoms with Gasteiger partial charge in [0.15, 0.2) is 0 Å². The van der Waals surface area contributed by atoms with Crippen LogP contribution in [0, 0.1) is 12.3 Å². The number of nitrogens with zero attached hydrogens (tertiary/aromatic N) is 3. The Kier molecular flexibility index (Phi) is 5.58. The van der Waals surface area contributed by atoms with Crippen LogP contribution in [0.15, 0.2) is 6.20 Å². The summed E-state index contributed by atoms with van der Waals surface area (Å²) >= 11 is 0. The molecule has 80 valence electrons. The molecule has 14 heavy (non-hydrogen) atoms. The first-order chi connectivity index (χ1) is 6.01. The van der Waals surface area contributed by atoms with E-state index in [0.717, 1.165) is 25.1 Å². The van der Waals surface area contributed by atoms with E-state index in [1.807, 2.05) is 10.9 Å². The summed E-state index contributed by atoms with van der Waals surface area (Å²) in [6, 6.07) is 0. The van der Waals surface area contributed by atoms with E-state index < -0.39 is 0 Å². The van der Waals surface area contributed by atoms with E-state index in [1.54, 1.807) is 0 Å². The number of aromatic nitrogens is 3. The normalized spacial score (nSPS) is 11.1. The van der Waals surface area contributed by atoms with Gasteiger partial charge in [0.25, 0.3) is 0 Å². The van der Waals surface area contributed by atoms with Crippen molar-refractivity contribution in [2.24, 2.45) is 5.41 Å². The van der Waals surface area contributed by atoms with Gasteiger partial charge in [-0.2, -0.15) is 0 Å². The third-order valence-corrected chi connectivity index (χ3v) is 1.93. The van der Waals surface area contributed by atoms with Gasteiger partial charge in [-0.05, 0) is 11.8 Å². The predicted octanol–water partition coefficient (Wildman–Crippen LogP) is 2.09. The van der Waals surface area contributed by atoms with Crippen molar-refractivity contribution in [3.63, 3.8) is 0 Å². The summed E-state index contributed by atoms with van der Waals surface area (Å²) in [6.07, 6.45) is 3.81. The second-order valence-corrected chi connectivity index (χ2v) is 4.53. The van der Waals surface area contributed by atoms with E-state index in [1.165, 1.54) is 0 Å². The van der Waals surface area contributed by atoms with Gasteiger partial charge in [0.1, 0.15) is 0 Å². The maximum Gasteiger partial charge on any atom is 0.0530 e. The molecule has 1 aromatic heterocycles. The van der Waals surface area contributed by atoms with Crippen LogP contribution in [0.1, 0.15) is 32.9 Å². The molecule has 0 fully saturated rings. The zero-order chi connectivity index (χ0) is 9.90. The zero-order valence-electron chi connectivity index (χ0n) is 9.16. The monoisotopic (exact) mass is 364 g/mol. The van der Waals surface area contributed by atoms with Gasteiger partial charge >= 0.3 is 0 Å². The number of hydrogen-bond acceptors (Lipinski definition) is 2. The fourth-order valence-corrected chi connectivity index (χ4v) is 1.01. The van der Waals surface area contributed by atoms with E-state index in [9.17, 15) is 0 Å². The first-order valence-corrected chi connectivity index (χ1v) is 4.69. The van der Waals surface area contributed by atoms with Crippen LogP contribution in [0.5, 0.6) is 0 Å². The topological polar surface area (TPSA) is 30.7 Å². The average molecular weight is 364 g/mol. The van der Waals surface area contributed by atoms with Crippen molar-refractivity contribution in [2.75, 3.05) is 0 Å². The Morgan fingerprint density at radius 3 is 2.50 bits per heavy atom. The molecule has 0 amide bonds. The van der Waals surface area contributed by atoms with Crippen LogP contribution in [-0.2, 0) is 34.0 Å². The van der Waals surface area contributed by atoms with Gasteiger partial charge in [-0.1, -0.05) is 26.0 Å². The van der Waals surface area contributed by atoms with Crippen molar-refractivity contribution in [1.82, 2.24) is 15.0 Å². The van der Waals surface area contributed by atoms with E-state index >= 15 is 0 Å². The standard InChI is InChI=1S/C10H18N3.W/c1-5-9-8-13(12-11-9)7-6-10(2,3)4;/h8H,1,5-7H2,2-4H3;/q-1;. The molecule has 4 heteroatoms. The first-order valence-electron chi connectivity index (χ1n) is 4.69. The Labute approximate surface area is 101 Å². The van der Waals surface area contributed by atoms with Crippen LogP contribution < -0.4 is 0 Å². The maximum absolute atomic E-state index is 4.02. The van der Waals surface area contributed by atoms with Crippen molar-refractivity contribution in [3.8, 4) is 0 Å². The Morgan fingerprint density at radius 1 is 1.43 bits per heavy atom. The van der Waals surface area contributed by atoms with Crippen LogP contribution in [0.4, 0.5) is 0 Å². The van der Waals surface area contributed by atoms with Crippen molar-refractivity contribution in [1.29, 1.82) is 0 Å². The summed E-state index contributed by atoms with van der Waals surface area (Å²) in [5.74, 6) is 0. The van der Waals surface area contributed by atoms with Crippen LogP contribution >= 0.6 is 0 Å². The molecule has 1 aromatic rings. The second kappa shape index (κ2) is 5.65. The summed E-state index contributed by atoms with van der Waals surface area (Å²) in [6.45, 7) is 11.4. The van der Waals surface area contributed by atoms with Gasteiger partial charge in [-0.15, -0.1) is 11.5 Å². The van der Waals surface area contributed by atoms with E-state index in [0.29, 0.717) is 5.41 Å². The quantitative estimate of drug-likeness (QED) is 0.770. The molecule has 0 spiro atoms. The molecule has 1 rings (SSSR count). The summed E-state index contributed by atoms with van der Waals surface area (Å²) in [5, 5.41) is 8.00. The Hall–Kier alpha value is -0.172. The maximum atomic E-state index is 4.02. The van der Waals surface area contributed by atoms with E-state index in [4.69, 9.17) is 0 Å². The largest absolute Gasteiger partial charge is 0.337 e. The minimum Gasteiger partial charge on any atom is -0.337 e. The Balaban J connectivity index is 0.00000169. The average Bonchev–Trinajstić information content (AvgIpc) is 2.47. The first kappa shape index (κ1) is 13.8. The molecule has 0 aliphatic heterocycles. The van der Waals surface area contributed by atoms with Crippen LogP contribution in [0.3, 0.4) is 0 Å². The van der Waals surface area contributed by atoms with E-state index in [-0.39, 0.29) is 21.1 Å². The summed E-state index contributed by atoms with van der Waals surface area (Å²) in [7, 11) is 0. The van der Waals surface area contributed by atoms with Crippen molar-refractivity contribution < 1.29 is 21.1 Å². The Morgan fingerprint density at radius 2 is 2.07 bits per heavy atom. The molecule has 0 aliphatic rings. The summed E-state index contributed by atoms with van der Waals surface area (Å²) in [4.78, 5) is 0. The molecule has 0 aliphatic carbocycles.